The molecule has 9 heteroatoms. The highest BCUT2D eigenvalue weighted by Gasteiger charge is 2.34. The molecule has 1 fully saturated rings. The molecule has 2 aromatic rings. The van der Waals surface area contributed by atoms with Gasteiger partial charge in [-0.3, -0.25) is 9.59 Å². The van der Waals surface area contributed by atoms with Gasteiger partial charge in [-0.2, -0.15) is 4.99 Å². The topological polar surface area (TPSA) is 129 Å². The molecular weight excluding hydrogens is 534 g/mol. The van der Waals surface area contributed by atoms with Crippen molar-refractivity contribution in [2.45, 2.75) is 84.1 Å². The van der Waals surface area contributed by atoms with Gasteiger partial charge in [0, 0.05) is 5.56 Å². The predicted molar refractivity (Wildman–Crippen MR) is 163 cm³/mol. The summed E-state index contributed by atoms with van der Waals surface area (Å²) >= 11 is 0. The Morgan fingerprint density at radius 3 is 2.14 bits per heavy atom. The van der Waals surface area contributed by atoms with Crippen molar-refractivity contribution in [2.75, 3.05) is 19.8 Å². The van der Waals surface area contributed by atoms with E-state index in [9.17, 15) is 14.4 Å². The van der Waals surface area contributed by atoms with Crippen molar-refractivity contribution in [3.8, 4) is 16.9 Å². The molecule has 1 heterocycles. The van der Waals surface area contributed by atoms with Gasteiger partial charge in [0.15, 0.2) is 0 Å². The Balaban J connectivity index is 1.40. The lowest BCUT2D eigenvalue weighted by Gasteiger charge is -2.12. The summed E-state index contributed by atoms with van der Waals surface area (Å²) in [5.74, 6) is -0.0797. The molecule has 9 nitrogen and oxygen atoms in total. The van der Waals surface area contributed by atoms with Crippen LogP contribution in [0.3, 0.4) is 0 Å². The van der Waals surface area contributed by atoms with E-state index in [1.54, 1.807) is 6.92 Å². The van der Waals surface area contributed by atoms with Gasteiger partial charge in [-0.15, -0.1) is 0 Å². The number of benzene rings is 2. The average molecular weight is 580 g/mol. The van der Waals surface area contributed by atoms with E-state index in [1.807, 2.05) is 48.5 Å². The van der Waals surface area contributed by atoms with Crippen LogP contribution in [-0.4, -0.2) is 49.7 Å². The third-order valence-corrected chi connectivity index (χ3v) is 7.26. The molecule has 228 valence electrons. The molecule has 2 aromatic carbocycles. The van der Waals surface area contributed by atoms with E-state index in [1.165, 1.54) is 32.1 Å². The van der Waals surface area contributed by atoms with Crippen LogP contribution >= 0.6 is 0 Å². The molecule has 42 heavy (non-hydrogen) atoms. The van der Waals surface area contributed by atoms with Gasteiger partial charge in [0.1, 0.15) is 18.2 Å². The maximum absolute atomic E-state index is 12.1. The molecule has 0 aromatic heterocycles. The zero-order valence-corrected chi connectivity index (χ0v) is 24.9. The van der Waals surface area contributed by atoms with Crippen molar-refractivity contribution < 1.29 is 28.6 Å². The average Bonchev–Trinajstić information content (AvgIpc) is 3.34. The van der Waals surface area contributed by atoms with Crippen LogP contribution in [0.2, 0.25) is 0 Å². The lowest BCUT2D eigenvalue weighted by molar-refractivity contribution is -0.145. The number of nitrogens with zero attached hydrogens (tertiary/aromatic N) is 1. The molecule has 3 N–H and O–H groups in total. The highest BCUT2D eigenvalue weighted by atomic mass is 16.5. The molecule has 0 bridgehead atoms. The Labute approximate surface area is 249 Å². The summed E-state index contributed by atoms with van der Waals surface area (Å²) in [4.78, 5) is 39.8. The fourth-order valence-electron chi connectivity index (χ4n) is 4.90. The van der Waals surface area contributed by atoms with Crippen LogP contribution in [-0.2, 0) is 19.1 Å². The minimum atomic E-state index is -0.665. The lowest BCUT2D eigenvalue weighted by Crippen LogP contribution is -2.31. The van der Waals surface area contributed by atoms with E-state index in [0.29, 0.717) is 37.6 Å². The summed E-state index contributed by atoms with van der Waals surface area (Å²) in [6.45, 7) is 4.94. The number of nitrogens with one attached hydrogen (secondary N) is 1. The molecule has 0 radical (unpaired) electrons. The Morgan fingerprint density at radius 1 is 0.881 bits per heavy atom. The first-order valence-electron chi connectivity index (χ1n) is 15.2. The molecule has 3 rings (SSSR count). The first kappa shape index (κ1) is 32.6. The molecule has 1 aliphatic heterocycles. The van der Waals surface area contributed by atoms with E-state index in [-0.39, 0.29) is 36.1 Å². The number of hydrogen-bond acceptors (Lipinski definition) is 6. The van der Waals surface area contributed by atoms with Gasteiger partial charge in [-0.25, -0.2) is 4.79 Å². The summed E-state index contributed by atoms with van der Waals surface area (Å²) in [5.41, 5.74) is 8.64. The Bertz CT molecular complexity index is 1160. The zero-order chi connectivity index (χ0) is 30.2. The first-order valence-corrected chi connectivity index (χ1v) is 15.2. The molecule has 0 aliphatic carbocycles. The van der Waals surface area contributed by atoms with Crippen molar-refractivity contribution >= 4 is 23.8 Å². The van der Waals surface area contributed by atoms with Crippen molar-refractivity contribution in [1.82, 2.24) is 5.32 Å². The zero-order valence-electron chi connectivity index (χ0n) is 24.9. The summed E-state index contributed by atoms with van der Waals surface area (Å²) in [6.07, 6.45) is 9.36. The fraction of sp³-hybridized carbons (Fsp3) is 0.515. The smallest absolute Gasteiger partial charge is 0.435 e. The third kappa shape index (κ3) is 11.2. The Hall–Kier alpha value is -3.88. The van der Waals surface area contributed by atoms with E-state index in [4.69, 9.17) is 19.9 Å². The van der Waals surface area contributed by atoms with Crippen LogP contribution in [0.5, 0.6) is 5.75 Å². The van der Waals surface area contributed by atoms with Crippen molar-refractivity contribution in [3.63, 3.8) is 0 Å². The number of carbonyl (C=O) groups excluding carboxylic acids is 3. The molecule has 0 unspecified atom stereocenters. The number of hydrogen-bond donors (Lipinski definition) is 2. The highest BCUT2D eigenvalue weighted by Crippen LogP contribution is 2.24. The number of carbonyl (C=O) groups is 3. The first-order chi connectivity index (χ1) is 20.4. The molecule has 1 aliphatic rings. The Morgan fingerprint density at radius 2 is 1.50 bits per heavy atom. The highest BCUT2D eigenvalue weighted by molar-refractivity contribution is 6.03. The number of aliphatic imine (C=N–C) groups is 1. The summed E-state index contributed by atoms with van der Waals surface area (Å²) < 4.78 is 16.0. The third-order valence-electron chi connectivity index (χ3n) is 7.26. The molecule has 2 amide bonds. The number of ether oxygens (including phenoxy) is 3. The Kier molecular flexibility index (Phi) is 13.9. The minimum Gasteiger partial charge on any atom is -0.491 e. The van der Waals surface area contributed by atoms with Gasteiger partial charge in [-0.1, -0.05) is 88.3 Å². The second-order valence-electron chi connectivity index (χ2n) is 10.6. The van der Waals surface area contributed by atoms with Crippen molar-refractivity contribution in [3.05, 3.63) is 54.1 Å². The molecule has 1 saturated heterocycles. The van der Waals surface area contributed by atoms with Crippen LogP contribution in [0.25, 0.3) is 11.1 Å². The second-order valence-corrected chi connectivity index (χ2v) is 10.6. The number of amidine groups is 1. The van der Waals surface area contributed by atoms with Crippen LogP contribution in [0, 0.1) is 5.92 Å². The van der Waals surface area contributed by atoms with Crippen LogP contribution in [0.1, 0.15) is 83.6 Å². The number of esters is 1. The van der Waals surface area contributed by atoms with E-state index in [2.05, 4.69) is 17.2 Å². The van der Waals surface area contributed by atoms with Crippen LogP contribution in [0.4, 0.5) is 4.79 Å². The molecule has 0 spiro atoms. The molecule has 2 atom stereocenters. The van der Waals surface area contributed by atoms with Crippen molar-refractivity contribution in [2.24, 2.45) is 16.6 Å². The minimum absolute atomic E-state index is 0.0879. The summed E-state index contributed by atoms with van der Waals surface area (Å²) in [7, 11) is 0. The van der Waals surface area contributed by atoms with Crippen LogP contribution in [0.15, 0.2) is 53.5 Å². The molecular formula is C33H45N3O6. The second kappa shape index (κ2) is 17.8. The molecule has 0 saturated carbocycles. The van der Waals surface area contributed by atoms with Gasteiger partial charge in [0.25, 0.3) is 0 Å². The quantitative estimate of drug-likeness (QED) is 0.0992. The van der Waals surface area contributed by atoms with Gasteiger partial charge in [0.05, 0.1) is 31.6 Å². The van der Waals surface area contributed by atoms with Gasteiger partial charge >= 0.3 is 12.1 Å². The maximum Gasteiger partial charge on any atom is 0.435 e. The lowest BCUT2D eigenvalue weighted by atomic mass is 10.0. The standard InChI is InChI=1S/C33H45N3O6/c1-3-5-6-7-8-9-10-11-20-41-33(39)36-31(34)26-14-12-24(13-15-26)25-16-18-29(19-17-25)42-23-28-21-27(32(38)35-28)22-30(37)40-4-2/h12-19,27-28H,3-11,20-23H2,1-2H3,(H,35,38)(H2,34,36,39)/t27-,28-/m0/s1. The largest absolute Gasteiger partial charge is 0.491 e. The number of rotatable bonds is 17. The van der Waals surface area contributed by atoms with E-state index < -0.39 is 6.09 Å². The number of unbranched alkanes of at least 4 members (excludes halogenated alkanes) is 7. The number of nitrogens with two attached hydrogens (primary N) is 1. The number of amides is 2. The van der Waals surface area contributed by atoms with Gasteiger partial charge in [-0.05, 0) is 43.0 Å². The SMILES string of the molecule is CCCCCCCCCCOC(=O)/N=C(\N)c1ccc(-c2ccc(OC[C@@H]3C[C@@H](CC(=O)OCC)C(=O)N3)cc2)cc1. The predicted octanol–water partition coefficient (Wildman–Crippen LogP) is 6.17. The van der Waals surface area contributed by atoms with Crippen LogP contribution < -0.4 is 15.8 Å². The summed E-state index contributed by atoms with van der Waals surface area (Å²) in [5, 5.41) is 2.89. The van der Waals surface area contributed by atoms with Gasteiger partial charge < -0.3 is 25.3 Å². The normalized spacial score (nSPS) is 16.6. The summed E-state index contributed by atoms with van der Waals surface area (Å²) in [6, 6.07) is 14.9. The fourth-order valence-corrected chi connectivity index (χ4v) is 4.90. The van der Waals surface area contributed by atoms with Crippen molar-refractivity contribution in [1.29, 1.82) is 0 Å². The van der Waals surface area contributed by atoms with E-state index >= 15 is 0 Å². The maximum atomic E-state index is 12.1. The monoisotopic (exact) mass is 579 g/mol. The van der Waals surface area contributed by atoms with E-state index in [0.717, 1.165) is 30.4 Å². The van der Waals surface area contributed by atoms with Gasteiger partial charge in [0.2, 0.25) is 5.91 Å².